The van der Waals surface area contributed by atoms with Gasteiger partial charge in [-0.25, -0.2) is 4.99 Å². The molecule has 3 aliphatic rings. The average molecular weight is 208 g/mol. The summed E-state index contributed by atoms with van der Waals surface area (Å²) < 4.78 is 0. The van der Waals surface area contributed by atoms with Gasteiger partial charge in [0.1, 0.15) is 0 Å². The Morgan fingerprint density at radius 3 is 2.87 bits per heavy atom. The van der Waals surface area contributed by atoms with Gasteiger partial charge in [0, 0.05) is 18.6 Å². The van der Waals surface area contributed by atoms with Gasteiger partial charge in [0.25, 0.3) is 5.91 Å². The Morgan fingerprint density at radius 2 is 2.33 bits per heavy atom. The number of rotatable bonds is 1. The first-order valence-corrected chi connectivity index (χ1v) is 5.53. The average Bonchev–Trinajstić information content (AvgIpc) is 2.87. The van der Waals surface area contributed by atoms with Crippen molar-refractivity contribution in [1.82, 2.24) is 10.2 Å². The molecule has 0 aromatic rings. The lowest BCUT2D eigenvalue weighted by Crippen LogP contribution is -2.43. The summed E-state index contributed by atoms with van der Waals surface area (Å²) >= 11 is 0. The van der Waals surface area contributed by atoms with Crippen LogP contribution in [0.4, 0.5) is 0 Å². The predicted octanol–water partition coefficient (Wildman–Crippen LogP) is -0.574. The van der Waals surface area contributed by atoms with Crippen LogP contribution in [0, 0.1) is 0 Å². The van der Waals surface area contributed by atoms with Gasteiger partial charge in [-0.2, -0.15) is 0 Å². The van der Waals surface area contributed by atoms with Gasteiger partial charge in [0.2, 0.25) is 0 Å². The van der Waals surface area contributed by atoms with Crippen molar-refractivity contribution in [2.24, 2.45) is 10.7 Å². The van der Waals surface area contributed by atoms with Crippen molar-refractivity contribution in [1.29, 1.82) is 0 Å². The number of hydrogen-bond acceptors (Lipinski definition) is 4. The molecule has 2 aliphatic heterocycles. The van der Waals surface area contributed by atoms with Crippen LogP contribution in [-0.2, 0) is 4.79 Å². The molecule has 82 valence electrons. The van der Waals surface area contributed by atoms with Crippen LogP contribution in [0.2, 0.25) is 0 Å². The zero-order valence-corrected chi connectivity index (χ0v) is 8.86. The van der Waals surface area contributed by atoms with Crippen molar-refractivity contribution in [2.45, 2.75) is 43.8 Å². The van der Waals surface area contributed by atoms with Crippen LogP contribution in [0.5, 0.6) is 0 Å². The van der Waals surface area contributed by atoms with Crippen LogP contribution in [-0.4, -0.2) is 40.9 Å². The molecule has 1 aliphatic carbocycles. The second kappa shape index (κ2) is 2.72. The largest absolute Gasteiger partial charge is 0.370 e. The summed E-state index contributed by atoms with van der Waals surface area (Å²) in [5.74, 6) is 0.264. The first-order chi connectivity index (χ1) is 7.11. The van der Waals surface area contributed by atoms with E-state index >= 15 is 0 Å². The number of nitrogens with two attached hydrogens (primary N) is 1. The molecule has 0 aromatic carbocycles. The van der Waals surface area contributed by atoms with E-state index in [1.54, 1.807) is 0 Å². The van der Waals surface area contributed by atoms with Crippen molar-refractivity contribution in [3.05, 3.63) is 0 Å². The minimum Gasteiger partial charge on any atom is -0.370 e. The number of carbonyl (C=O) groups is 1. The molecule has 1 amide bonds. The van der Waals surface area contributed by atoms with Crippen LogP contribution in [0.25, 0.3) is 0 Å². The number of likely N-dealkylation sites (tertiary alicyclic amines) is 1. The van der Waals surface area contributed by atoms with Crippen LogP contribution in [0.3, 0.4) is 0 Å². The topological polar surface area (TPSA) is 70.7 Å². The van der Waals surface area contributed by atoms with Crippen molar-refractivity contribution in [3.8, 4) is 0 Å². The Balaban J connectivity index is 1.86. The third-order valence-electron chi connectivity index (χ3n) is 3.66. The highest BCUT2D eigenvalue weighted by Gasteiger charge is 2.53. The van der Waals surface area contributed by atoms with E-state index in [-0.39, 0.29) is 11.9 Å². The van der Waals surface area contributed by atoms with E-state index in [0.29, 0.717) is 12.1 Å². The van der Waals surface area contributed by atoms with E-state index in [0.717, 1.165) is 13.0 Å². The number of nitrogens with one attached hydrogen (secondary N) is 1. The molecule has 1 saturated carbocycles. The second-order valence-electron chi connectivity index (χ2n) is 4.94. The lowest BCUT2D eigenvalue weighted by atomic mass is 9.97. The third kappa shape index (κ3) is 1.26. The Kier molecular flexibility index (Phi) is 1.66. The molecule has 5 heteroatoms. The van der Waals surface area contributed by atoms with E-state index in [1.165, 1.54) is 12.8 Å². The van der Waals surface area contributed by atoms with Gasteiger partial charge in [-0.05, 0) is 26.2 Å². The number of guanidine groups is 1. The SMILES string of the molecule is CC1CC2(CN1C1CC1)N=C(N)NC2=O. The summed E-state index contributed by atoms with van der Waals surface area (Å²) in [6.45, 7) is 2.91. The van der Waals surface area contributed by atoms with E-state index in [9.17, 15) is 4.79 Å². The summed E-state index contributed by atoms with van der Waals surface area (Å²) in [6, 6.07) is 1.13. The molecule has 1 spiro atoms. The lowest BCUT2D eigenvalue weighted by molar-refractivity contribution is -0.123. The van der Waals surface area contributed by atoms with Gasteiger partial charge in [-0.15, -0.1) is 0 Å². The smallest absolute Gasteiger partial charge is 0.256 e. The van der Waals surface area contributed by atoms with E-state index in [2.05, 4.69) is 22.1 Å². The van der Waals surface area contributed by atoms with E-state index in [4.69, 9.17) is 5.73 Å². The van der Waals surface area contributed by atoms with Gasteiger partial charge >= 0.3 is 0 Å². The zero-order valence-electron chi connectivity index (χ0n) is 8.86. The zero-order chi connectivity index (χ0) is 10.6. The maximum Gasteiger partial charge on any atom is 0.256 e. The van der Waals surface area contributed by atoms with Gasteiger partial charge in [0.05, 0.1) is 0 Å². The Bertz CT molecular complexity index is 349. The molecule has 2 heterocycles. The van der Waals surface area contributed by atoms with Crippen molar-refractivity contribution < 1.29 is 4.79 Å². The molecule has 0 radical (unpaired) electrons. The molecular weight excluding hydrogens is 192 g/mol. The van der Waals surface area contributed by atoms with E-state index in [1.807, 2.05) is 0 Å². The molecule has 5 nitrogen and oxygen atoms in total. The highest BCUT2D eigenvalue weighted by atomic mass is 16.2. The van der Waals surface area contributed by atoms with E-state index < -0.39 is 5.54 Å². The fourth-order valence-electron chi connectivity index (χ4n) is 2.81. The first-order valence-electron chi connectivity index (χ1n) is 5.53. The number of hydrogen-bond donors (Lipinski definition) is 2. The van der Waals surface area contributed by atoms with Gasteiger partial charge in [-0.1, -0.05) is 0 Å². The minimum absolute atomic E-state index is 0.0185. The van der Waals surface area contributed by atoms with Crippen LogP contribution in [0.1, 0.15) is 26.2 Å². The molecule has 3 rings (SSSR count). The number of aliphatic imine (C=N–C) groups is 1. The molecule has 2 atom stereocenters. The minimum atomic E-state index is -0.577. The number of nitrogens with zero attached hydrogens (tertiary/aromatic N) is 2. The second-order valence-corrected chi connectivity index (χ2v) is 4.94. The fourth-order valence-corrected chi connectivity index (χ4v) is 2.81. The molecule has 0 aromatic heterocycles. The summed E-state index contributed by atoms with van der Waals surface area (Å²) in [6.07, 6.45) is 3.33. The first kappa shape index (κ1) is 9.15. The maximum absolute atomic E-state index is 11.8. The Morgan fingerprint density at radius 1 is 1.60 bits per heavy atom. The number of amides is 1. The van der Waals surface area contributed by atoms with Crippen LogP contribution >= 0.6 is 0 Å². The summed E-state index contributed by atoms with van der Waals surface area (Å²) in [4.78, 5) is 18.5. The molecule has 15 heavy (non-hydrogen) atoms. The van der Waals surface area contributed by atoms with Crippen molar-refractivity contribution >= 4 is 11.9 Å². The number of carbonyl (C=O) groups excluding carboxylic acids is 1. The molecule has 2 unspecified atom stereocenters. The van der Waals surface area contributed by atoms with Gasteiger partial charge in [-0.3, -0.25) is 15.0 Å². The standard InChI is InChI=1S/C10H16N4O/c1-6-4-10(5-14(6)7-2-3-7)8(15)12-9(11)13-10/h6-7H,2-5H2,1H3,(H3,11,12,13,15). The quantitative estimate of drug-likeness (QED) is 0.606. The summed E-state index contributed by atoms with van der Waals surface area (Å²) in [5, 5.41) is 2.61. The summed E-state index contributed by atoms with van der Waals surface area (Å²) in [7, 11) is 0. The lowest BCUT2D eigenvalue weighted by Gasteiger charge is -2.20. The molecule has 0 bridgehead atoms. The van der Waals surface area contributed by atoms with Crippen molar-refractivity contribution in [2.75, 3.05) is 6.54 Å². The molecule has 1 saturated heterocycles. The van der Waals surface area contributed by atoms with Crippen molar-refractivity contribution in [3.63, 3.8) is 0 Å². The van der Waals surface area contributed by atoms with Crippen LogP contribution < -0.4 is 11.1 Å². The Labute approximate surface area is 88.7 Å². The maximum atomic E-state index is 11.8. The monoisotopic (exact) mass is 208 g/mol. The molecular formula is C10H16N4O. The predicted molar refractivity (Wildman–Crippen MR) is 56.3 cm³/mol. The fraction of sp³-hybridized carbons (Fsp3) is 0.800. The highest BCUT2D eigenvalue weighted by molar-refractivity contribution is 6.07. The third-order valence-corrected chi connectivity index (χ3v) is 3.66. The van der Waals surface area contributed by atoms with Gasteiger partial charge in [0.15, 0.2) is 11.5 Å². The normalized spacial score (nSPS) is 41.0. The highest BCUT2D eigenvalue weighted by Crippen LogP contribution is 2.39. The van der Waals surface area contributed by atoms with Crippen LogP contribution in [0.15, 0.2) is 4.99 Å². The van der Waals surface area contributed by atoms with Gasteiger partial charge < -0.3 is 5.73 Å². The molecule has 3 N–H and O–H groups in total. The Hall–Kier alpha value is -1.10. The molecule has 2 fully saturated rings. The summed E-state index contributed by atoms with van der Waals surface area (Å²) in [5.41, 5.74) is 4.98.